The van der Waals surface area contributed by atoms with Crippen LogP contribution in [0.1, 0.15) is 13.8 Å². The van der Waals surface area contributed by atoms with E-state index < -0.39 is 28.7 Å². The molecule has 0 unspecified atom stereocenters. The van der Waals surface area contributed by atoms with E-state index in [0.29, 0.717) is 5.56 Å². The van der Waals surface area contributed by atoms with Gasteiger partial charge in [0.15, 0.2) is 11.5 Å². The Morgan fingerprint density at radius 3 is 1.17 bits per heavy atom. The molecule has 0 radical (unpaired) electrons. The maximum absolute atomic E-state index is 10.6. The summed E-state index contributed by atoms with van der Waals surface area (Å²) in [5, 5.41) is 56.2. The van der Waals surface area contributed by atoms with Crippen LogP contribution in [-0.2, 0) is 0 Å². The molecule has 0 bridgehead atoms. The number of fused-ring (bicyclic) bond motifs is 6. The van der Waals surface area contributed by atoms with E-state index in [2.05, 4.69) is 147 Å². The second-order valence-corrected chi connectivity index (χ2v) is 15.4. The largest absolute Gasteiger partial charge is 0.504 e. The van der Waals surface area contributed by atoms with Gasteiger partial charge < -0.3 is 39.6 Å². The van der Waals surface area contributed by atoms with Crippen LogP contribution in [-0.4, -0.2) is 34.7 Å². The Hall–Kier alpha value is -8.62. The van der Waals surface area contributed by atoms with Crippen LogP contribution in [0.15, 0.2) is 194 Å². The molecule has 8 nitrogen and oxygen atoms in total. The summed E-state index contributed by atoms with van der Waals surface area (Å²) >= 11 is 0. The summed E-state index contributed by atoms with van der Waals surface area (Å²) in [4.78, 5) is 2.09. The summed E-state index contributed by atoms with van der Waals surface area (Å²) in [6, 6.07) is 66.4. The predicted octanol–water partition coefficient (Wildman–Crippen LogP) is 14.2. The highest BCUT2D eigenvalue weighted by Gasteiger charge is 2.25. The first-order valence-corrected chi connectivity index (χ1v) is 21.2. The standard InChI is InChI=1S/C54H37N3O5.C2H6/c58-50-49(51(59)53(61)54(62)52(50)60)33-19-23-38(24-20-33)55(36-11-3-1-4-12-36)39-25-27-40(28-26-39)57-46-18-10-8-16-42(46)44-32-35(22-30-48(44)57)34-21-29-47-43(31-34)41-15-7-9-17-45(41)56(47)37-13-5-2-6-14-37;1-2/h1-32,58-62H;1-2H3. The van der Waals surface area contributed by atoms with Gasteiger partial charge in [-0.3, -0.25) is 0 Å². The third-order valence-electron chi connectivity index (χ3n) is 11.9. The number of aromatic nitrogens is 2. The van der Waals surface area contributed by atoms with Gasteiger partial charge in [-0.1, -0.05) is 111 Å². The minimum absolute atomic E-state index is 0.202. The molecule has 0 aliphatic heterocycles. The van der Waals surface area contributed by atoms with E-state index in [9.17, 15) is 25.5 Å². The normalized spacial score (nSPS) is 11.3. The Morgan fingerprint density at radius 1 is 0.312 bits per heavy atom. The summed E-state index contributed by atoms with van der Waals surface area (Å²) < 4.78 is 4.64. The Bertz CT molecular complexity index is 3480. The van der Waals surface area contributed by atoms with Crippen molar-refractivity contribution in [1.29, 1.82) is 0 Å². The highest BCUT2D eigenvalue weighted by atomic mass is 16.4. The van der Waals surface area contributed by atoms with E-state index >= 15 is 0 Å². The van der Waals surface area contributed by atoms with Crippen molar-refractivity contribution in [3.8, 4) is 62.4 Å². The molecule has 0 saturated heterocycles. The number of phenolic OH excluding ortho intramolecular Hbond substituents is 5. The third kappa shape index (κ3) is 6.39. The average Bonchev–Trinajstić information content (AvgIpc) is 3.87. The lowest BCUT2D eigenvalue weighted by atomic mass is 10.0. The Labute approximate surface area is 369 Å². The van der Waals surface area contributed by atoms with E-state index in [0.717, 1.165) is 61.4 Å². The van der Waals surface area contributed by atoms with Gasteiger partial charge >= 0.3 is 0 Å². The summed E-state index contributed by atoms with van der Waals surface area (Å²) in [5.41, 5.74) is 11.7. The summed E-state index contributed by atoms with van der Waals surface area (Å²) in [6.07, 6.45) is 0. The van der Waals surface area contributed by atoms with Crippen LogP contribution in [0.5, 0.6) is 28.7 Å². The fourth-order valence-corrected chi connectivity index (χ4v) is 8.95. The fourth-order valence-electron chi connectivity index (χ4n) is 8.95. The van der Waals surface area contributed by atoms with Gasteiger partial charge in [0.05, 0.1) is 27.6 Å². The van der Waals surface area contributed by atoms with Crippen LogP contribution in [0, 0.1) is 0 Å². The van der Waals surface area contributed by atoms with Crippen molar-refractivity contribution in [3.05, 3.63) is 194 Å². The molecular formula is C56H43N3O5. The quantitative estimate of drug-likeness (QED) is 0.0807. The van der Waals surface area contributed by atoms with Gasteiger partial charge in [-0.25, -0.2) is 0 Å². The lowest BCUT2D eigenvalue weighted by molar-refractivity contribution is 0.330. The number of hydrogen-bond acceptors (Lipinski definition) is 6. The van der Waals surface area contributed by atoms with Crippen molar-refractivity contribution in [1.82, 2.24) is 9.13 Å². The van der Waals surface area contributed by atoms with Crippen molar-refractivity contribution in [3.63, 3.8) is 0 Å². The smallest absolute Gasteiger partial charge is 0.208 e. The molecule has 0 aliphatic carbocycles. The highest BCUT2D eigenvalue weighted by Crippen LogP contribution is 2.55. The second kappa shape index (κ2) is 16.0. The van der Waals surface area contributed by atoms with Crippen molar-refractivity contribution in [2.45, 2.75) is 13.8 Å². The molecule has 2 heterocycles. The van der Waals surface area contributed by atoms with Gasteiger partial charge in [0, 0.05) is 50.0 Å². The van der Waals surface area contributed by atoms with Crippen LogP contribution in [0.3, 0.4) is 0 Å². The fraction of sp³-hybridized carbons (Fsp3) is 0.0357. The highest BCUT2D eigenvalue weighted by molar-refractivity contribution is 6.12. The summed E-state index contributed by atoms with van der Waals surface area (Å²) in [5.74, 6) is -4.33. The van der Waals surface area contributed by atoms with Crippen molar-refractivity contribution >= 4 is 60.7 Å². The lowest BCUT2D eigenvalue weighted by Gasteiger charge is -2.26. The Balaban J connectivity index is 0.00000239. The molecule has 2 aromatic heterocycles. The lowest BCUT2D eigenvalue weighted by Crippen LogP contribution is -2.10. The van der Waals surface area contributed by atoms with Gasteiger partial charge in [0.25, 0.3) is 0 Å². The topological polar surface area (TPSA) is 114 Å². The SMILES string of the molecule is CC.Oc1c(O)c(O)c(-c2ccc(N(c3ccccc3)c3ccc(-n4c5ccccc5c5cc(-c6ccc7c(c6)c6ccccc6n7-c6ccccc6)ccc54)cc3)cc2)c(O)c1O. The van der Waals surface area contributed by atoms with Gasteiger partial charge in [0.2, 0.25) is 17.2 Å². The van der Waals surface area contributed by atoms with Gasteiger partial charge in [-0.15, -0.1) is 0 Å². The first kappa shape index (κ1) is 39.5. The molecule has 8 heteroatoms. The maximum Gasteiger partial charge on any atom is 0.208 e. The molecule has 0 fully saturated rings. The summed E-state index contributed by atoms with van der Waals surface area (Å²) in [7, 11) is 0. The van der Waals surface area contributed by atoms with E-state index in [1.165, 1.54) is 21.8 Å². The first-order valence-electron chi connectivity index (χ1n) is 21.2. The van der Waals surface area contributed by atoms with E-state index in [1.807, 2.05) is 62.4 Å². The minimum Gasteiger partial charge on any atom is -0.504 e. The number of aromatic hydroxyl groups is 5. The number of para-hydroxylation sites is 4. The Kier molecular flexibility index (Phi) is 9.88. The van der Waals surface area contributed by atoms with Crippen LogP contribution >= 0.6 is 0 Å². The number of phenols is 5. The monoisotopic (exact) mass is 837 g/mol. The molecule has 64 heavy (non-hydrogen) atoms. The molecule has 0 spiro atoms. The van der Waals surface area contributed by atoms with Crippen molar-refractivity contribution in [2.24, 2.45) is 0 Å². The Morgan fingerprint density at radius 2 is 0.672 bits per heavy atom. The molecule has 0 atom stereocenters. The maximum atomic E-state index is 10.6. The zero-order valence-corrected chi connectivity index (χ0v) is 35.1. The van der Waals surface area contributed by atoms with Crippen LogP contribution in [0.25, 0.3) is 77.2 Å². The van der Waals surface area contributed by atoms with Crippen LogP contribution in [0.2, 0.25) is 0 Å². The number of rotatable bonds is 7. The van der Waals surface area contributed by atoms with Gasteiger partial charge in [-0.05, 0) is 114 Å². The first-order chi connectivity index (χ1) is 31.4. The van der Waals surface area contributed by atoms with E-state index in [4.69, 9.17) is 0 Å². The molecule has 9 aromatic carbocycles. The van der Waals surface area contributed by atoms with E-state index in [1.54, 1.807) is 12.1 Å². The average molecular weight is 838 g/mol. The number of nitrogens with zero attached hydrogens (tertiary/aromatic N) is 3. The molecule has 0 aliphatic rings. The molecule has 312 valence electrons. The number of benzene rings is 9. The minimum atomic E-state index is -0.998. The molecule has 5 N–H and O–H groups in total. The molecular weight excluding hydrogens is 795 g/mol. The summed E-state index contributed by atoms with van der Waals surface area (Å²) in [6.45, 7) is 4.00. The van der Waals surface area contributed by atoms with Crippen molar-refractivity contribution in [2.75, 3.05) is 4.90 Å². The van der Waals surface area contributed by atoms with Crippen LogP contribution in [0.4, 0.5) is 17.1 Å². The number of anilines is 3. The molecule has 0 amide bonds. The number of hydrogen-bond donors (Lipinski definition) is 5. The molecule has 11 rings (SSSR count). The second-order valence-electron chi connectivity index (χ2n) is 15.4. The third-order valence-corrected chi connectivity index (χ3v) is 11.9. The molecule has 0 saturated carbocycles. The van der Waals surface area contributed by atoms with Gasteiger partial charge in [0.1, 0.15) is 0 Å². The predicted molar refractivity (Wildman–Crippen MR) is 260 cm³/mol. The van der Waals surface area contributed by atoms with Gasteiger partial charge in [-0.2, -0.15) is 0 Å². The van der Waals surface area contributed by atoms with E-state index in [-0.39, 0.29) is 5.56 Å². The zero-order valence-electron chi connectivity index (χ0n) is 35.1. The zero-order chi connectivity index (χ0) is 44.1. The van der Waals surface area contributed by atoms with Crippen molar-refractivity contribution < 1.29 is 25.5 Å². The van der Waals surface area contributed by atoms with Crippen LogP contribution < -0.4 is 4.90 Å². The molecule has 11 aromatic rings.